The van der Waals surface area contributed by atoms with Crippen LogP contribution in [0.1, 0.15) is 17.1 Å². The topological polar surface area (TPSA) is 102 Å². The van der Waals surface area contributed by atoms with E-state index in [9.17, 15) is 8.42 Å². The lowest BCUT2D eigenvalue weighted by Crippen LogP contribution is -2.52. The van der Waals surface area contributed by atoms with Crippen molar-refractivity contribution >= 4 is 30.1 Å². The molecule has 0 unspecified atom stereocenters. The van der Waals surface area contributed by atoms with E-state index in [0.717, 1.165) is 0 Å². The van der Waals surface area contributed by atoms with Gasteiger partial charge in [-0.15, -0.1) is 4.40 Å². The van der Waals surface area contributed by atoms with Crippen LogP contribution >= 0.6 is 0 Å². The quantitative estimate of drug-likeness (QED) is 0.769. The van der Waals surface area contributed by atoms with Crippen LogP contribution in [0.2, 0.25) is 19.6 Å². The number of nitrogens with zero attached hydrogens (tertiary/aromatic N) is 4. The number of aryl methyl sites for hydroxylation is 2. The maximum Gasteiger partial charge on any atom is 0.340 e. The Balaban J connectivity index is 2.83. The summed E-state index contributed by atoms with van der Waals surface area (Å²) in [6.07, 6.45) is 0. The molecule has 0 saturated carbocycles. The van der Waals surface area contributed by atoms with Gasteiger partial charge in [-0.3, -0.25) is 3.97 Å². The van der Waals surface area contributed by atoms with Crippen LogP contribution in [0.25, 0.3) is 0 Å². The van der Waals surface area contributed by atoms with E-state index < -0.39 is 18.4 Å². The highest BCUT2D eigenvalue weighted by Gasteiger charge is 2.41. The van der Waals surface area contributed by atoms with Crippen molar-refractivity contribution in [1.82, 2.24) is 9.97 Å². The summed E-state index contributed by atoms with van der Waals surface area (Å²) in [4.78, 5) is 8.69. The van der Waals surface area contributed by atoms with E-state index in [1.54, 1.807) is 13.8 Å². The summed E-state index contributed by atoms with van der Waals surface area (Å²) in [6, 6.07) is 0. The lowest BCUT2D eigenvalue weighted by Gasteiger charge is -2.35. The molecule has 2 N–H and O–H groups in total. The third-order valence-electron chi connectivity index (χ3n) is 2.78. The lowest BCUT2D eigenvalue weighted by atomic mass is 10.3. The van der Waals surface area contributed by atoms with Crippen molar-refractivity contribution in [3.8, 4) is 0 Å². The number of fused-ring (bicyclic) bond motifs is 1. The Bertz CT molecular complexity index is 678. The van der Waals surface area contributed by atoms with Crippen molar-refractivity contribution in [1.29, 1.82) is 0 Å². The van der Waals surface area contributed by atoms with Crippen LogP contribution in [0.15, 0.2) is 4.40 Å². The van der Waals surface area contributed by atoms with Crippen LogP contribution in [0.3, 0.4) is 0 Å². The van der Waals surface area contributed by atoms with Gasteiger partial charge in [0.15, 0.2) is 19.9 Å². The zero-order valence-electron chi connectivity index (χ0n) is 11.6. The molecular weight excluding hydrogens is 282 g/mol. The maximum absolute atomic E-state index is 12.2. The third kappa shape index (κ3) is 2.23. The molecule has 1 aromatic rings. The molecule has 2 heterocycles. The van der Waals surface area contributed by atoms with Gasteiger partial charge in [-0.2, -0.15) is 8.42 Å². The molecule has 1 aliphatic rings. The predicted molar refractivity (Wildman–Crippen MR) is 77.0 cm³/mol. The number of hydrogen-bond acceptors (Lipinski definition) is 5. The second kappa shape index (κ2) is 4.00. The van der Waals surface area contributed by atoms with E-state index in [0.29, 0.717) is 22.9 Å². The van der Waals surface area contributed by atoms with E-state index in [-0.39, 0.29) is 5.84 Å². The SMILES string of the molecule is Cc1nc2c(nc1C)N([Si](C)(C)C)S(=O)(=O)N=C2N. The largest absolute Gasteiger partial charge is 0.381 e. The number of anilines is 1. The second-order valence-electron chi connectivity index (χ2n) is 5.46. The van der Waals surface area contributed by atoms with Gasteiger partial charge in [0.1, 0.15) is 5.69 Å². The number of rotatable bonds is 1. The Morgan fingerprint density at radius 3 is 2.16 bits per heavy atom. The molecule has 104 valence electrons. The molecule has 0 bridgehead atoms. The molecule has 0 amide bonds. The normalized spacial score (nSPS) is 17.9. The minimum absolute atomic E-state index is 0.0971. The van der Waals surface area contributed by atoms with Crippen LogP contribution < -0.4 is 9.70 Å². The zero-order chi connectivity index (χ0) is 14.6. The smallest absolute Gasteiger partial charge is 0.340 e. The number of aromatic nitrogens is 2. The maximum atomic E-state index is 12.2. The second-order valence-corrected chi connectivity index (χ2v) is 12.0. The number of amidine groups is 1. The van der Waals surface area contributed by atoms with E-state index >= 15 is 0 Å². The standard InChI is InChI=1S/C10H17N5O2SSi/c1-6-7(2)13-10-8(12-6)9(11)14-18(16,17)15(10)19(3,4)5/h1-5H3,(H2,11,14). The molecule has 0 fully saturated rings. The first-order chi connectivity index (χ1) is 8.54. The highest BCUT2D eigenvalue weighted by molar-refractivity contribution is 7.93. The number of hydrogen-bond donors (Lipinski definition) is 1. The molecule has 0 aromatic carbocycles. The van der Waals surface area contributed by atoms with Gasteiger partial charge in [0.2, 0.25) is 0 Å². The van der Waals surface area contributed by atoms with Crippen LogP contribution in [0.4, 0.5) is 5.82 Å². The summed E-state index contributed by atoms with van der Waals surface area (Å²) < 4.78 is 29.3. The Hall–Kier alpha value is -1.48. The van der Waals surface area contributed by atoms with Gasteiger partial charge in [0.05, 0.1) is 11.4 Å². The fourth-order valence-corrected chi connectivity index (χ4v) is 6.33. The molecule has 9 heteroatoms. The first-order valence-corrected chi connectivity index (χ1v) is 10.6. The molecule has 1 aromatic heterocycles. The minimum atomic E-state index is -3.82. The van der Waals surface area contributed by atoms with Crippen molar-refractivity contribution in [2.45, 2.75) is 33.5 Å². The van der Waals surface area contributed by atoms with Crippen LogP contribution in [0.5, 0.6) is 0 Å². The summed E-state index contributed by atoms with van der Waals surface area (Å²) in [5, 5.41) is 0. The Morgan fingerprint density at radius 2 is 1.63 bits per heavy atom. The molecule has 0 spiro atoms. The van der Waals surface area contributed by atoms with Crippen LogP contribution in [-0.4, -0.2) is 32.5 Å². The van der Waals surface area contributed by atoms with Crippen molar-refractivity contribution < 1.29 is 8.42 Å². The van der Waals surface area contributed by atoms with Gasteiger partial charge in [0.25, 0.3) is 0 Å². The molecule has 1 aliphatic heterocycles. The first-order valence-electron chi connectivity index (χ1n) is 5.80. The van der Waals surface area contributed by atoms with Gasteiger partial charge in [-0.1, -0.05) is 19.6 Å². The van der Waals surface area contributed by atoms with Gasteiger partial charge >= 0.3 is 10.2 Å². The lowest BCUT2D eigenvalue weighted by molar-refractivity contribution is 0.598. The molecule has 0 radical (unpaired) electrons. The molecule has 0 saturated heterocycles. The first kappa shape index (κ1) is 13.9. The molecular formula is C10H17N5O2SSi. The fourth-order valence-electron chi connectivity index (χ4n) is 1.89. The monoisotopic (exact) mass is 299 g/mol. The Morgan fingerprint density at radius 1 is 1.11 bits per heavy atom. The van der Waals surface area contributed by atoms with Crippen LogP contribution in [0, 0.1) is 13.8 Å². The average molecular weight is 299 g/mol. The highest BCUT2D eigenvalue weighted by atomic mass is 32.2. The van der Waals surface area contributed by atoms with Gasteiger partial charge in [0, 0.05) is 0 Å². The van der Waals surface area contributed by atoms with Gasteiger partial charge in [-0.25, -0.2) is 9.97 Å². The molecule has 0 atom stereocenters. The van der Waals surface area contributed by atoms with Crippen molar-refractivity contribution in [3.05, 3.63) is 17.1 Å². The zero-order valence-corrected chi connectivity index (χ0v) is 13.4. The minimum Gasteiger partial charge on any atom is -0.381 e. The third-order valence-corrected chi connectivity index (χ3v) is 7.60. The highest BCUT2D eigenvalue weighted by Crippen LogP contribution is 2.31. The van der Waals surface area contributed by atoms with E-state index in [1.807, 2.05) is 19.6 Å². The molecule has 7 nitrogen and oxygen atoms in total. The molecule has 19 heavy (non-hydrogen) atoms. The fraction of sp³-hybridized carbons (Fsp3) is 0.500. The van der Waals surface area contributed by atoms with Crippen LogP contribution in [-0.2, 0) is 10.2 Å². The molecule has 2 rings (SSSR count). The Labute approximate surface area is 113 Å². The van der Waals surface area contributed by atoms with Crippen molar-refractivity contribution in [2.24, 2.45) is 10.1 Å². The summed E-state index contributed by atoms with van der Waals surface area (Å²) >= 11 is 0. The van der Waals surface area contributed by atoms with E-state index in [2.05, 4.69) is 14.4 Å². The summed E-state index contributed by atoms with van der Waals surface area (Å²) in [5.41, 5.74) is 7.45. The molecule has 0 aliphatic carbocycles. The van der Waals surface area contributed by atoms with Gasteiger partial charge < -0.3 is 5.73 Å². The summed E-state index contributed by atoms with van der Waals surface area (Å²) in [6.45, 7) is 9.31. The average Bonchev–Trinajstić information content (AvgIpc) is 2.18. The van der Waals surface area contributed by atoms with Crippen molar-refractivity contribution in [2.75, 3.05) is 3.97 Å². The van der Waals surface area contributed by atoms with E-state index in [1.165, 1.54) is 3.97 Å². The predicted octanol–water partition coefficient (Wildman–Crippen LogP) is 0.698. The van der Waals surface area contributed by atoms with Crippen molar-refractivity contribution in [3.63, 3.8) is 0 Å². The summed E-state index contributed by atoms with van der Waals surface area (Å²) in [7, 11) is -6.05. The van der Waals surface area contributed by atoms with E-state index in [4.69, 9.17) is 5.73 Å². The Kier molecular flexibility index (Phi) is 2.94. The number of nitrogens with two attached hydrogens (primary N) is 1. The van der Waals surface area contributed by atoms with Gasteiger partial charge in [-0.05, 0) is 13.8 Å². The summed E-state index contributed by atoms with van der Waals surface area (Å²) in [5.74, 6) is 0.204.